The molecule has 0 bridgehead atoms. The molecule has 0 radical (unpaired) electrons. The number of likely N-dealkylation sites (tertiary alicyclic amines) is 1. The zero-order valence-electron chi connectivity index (χ0n) is 7.99. The molecule has 1 saturated heterocycles. The number of hydrogen-bond acceptors (Lipinski definition) is 3. The van der Waals surface area contributed by atoms with Crippen LogP contribution in [0.25, 0.3) is 10.4 Å². The molecule has 0 aliphatic carbocycles. The lowest BCUT2D eigenvalue weighted by Crippen LogP contribution is -2.50. The molecule has 0 aromatic carbocycles. The number of carboxylic acid groups (broad SMARTS) is 2. The van der Waals surface area contributed by atoms with Crippen molar-refractivity contribution >= 4 is 12.1 Å². The number of rotatable bonds is 2. The molecule has 0 spiro atoms. The molecule has 1 fully saturated rings. The molecule has 15 heavy (non-hydrogen) atoms. The molecule has 2 atom stereocenters. The Bertz CT molecular complexity index is 351. The molecule has 0 saturated carbocycles. The minimum atomic E-state index is -1.51. The Balaban J connectivity index is 3.00. The predicted molar refractivity (Wildman–Crippen MR) is 48.3 cm³/mol. The first-order chi connectivity index (χ1) is 6.91. The van der Waals surface area contributed by atoms with Crippen molar-refractivity contribution in [1.82, 2.24) is 4.90 Å². The number of nitrogens with zero attached hydrogens (tertiary/aromatic N) is 4. The summed E-state index contributed by atoms with van der Waals surface area (Å²) in [6.07, 6.45) is -1.32. The number of carboxylic acids is 1. The summed E-state index contributed by atoms with van der Waals surface area (Å²) in [4.78, 5) is 25.1. The van der Waals surface area contributed by atoms with Gasteiger partial charge in [0.2, 0.25) is 0 Å². The third kappa shape index (κ3) is 1.79. The van der Waals surface area contributed by atoms with Gasteiger partial charge in [0.15, 0.2) is 0 Å². The molecule has 2 unspecified atom stereocenters. The molecule has 0 aromatic rings. The fourth-order valence-corrected chi connectivity index (χ4v) is 1.69. The van der Waals surface area contributed by atoms with Crippen LogP contribution in [0.5, 0.6) is 0 Å². The van der Waals surface area contributed by atoms with Gasteiger partial charge >= 0.3 is 12.1 Å². The second-order valence-electron chi connectivity index (χ2n) is 3.54. The number of azide groups is 1. The summed E-state index contributed by atoms with van der Waals surface area (Å²) in [6.45, 7) is 1.22. The number of amides is 1. The van der Waals surface area contributed by atoms with Gasteiger partial charge in [-0.1, -0.05) is 5.11 Å². The second-order valence-corrected chi connectivity index (χ2v) is 3.54. The van der Waals surface area contributed by atoms with Gasteiger partial charge in [0, 0.05) is 11.5 Å². The molecule has 1 aliphatic rings. The van der Waals surface area contributed by atoms with Gasteiger partial charge in [-0.3, -0.25) is 4.90 Å². The van der Waals surface area contributed by atoms with Gasteiger partial charge in [0.05, 0.1) is 6.04 Å². The van der Waals surface area contributed by atoms with Crippen molar-refractivity contribution in [2.45, 2.75) is 24.9 Å². The minimum absolute atomic E-state index is 0.00130. The van der Waals surface area contributed by atoms with E-state index in [1.54, 1.807) is 0 Å². The van der Waals surface area contributed by atoms with Crippen LogP contribution in [0.3, 0.4) is 0 Å². The fourth-order valence-electron chi connectivity index (χ4n) is 1.69. The number of carbonyl (C=O) groups is 2. The van der Waals surface area contributed by atoms with Crippen LogP contribution in [0.2, 0.25) is 0 Å². The molecule has 1 rings (SSSR count). The Hall–Kier alpha value is -1.95. The summed E-state index contributed by atoms with van der Waals surface area (Å²) >= 11 is 0. The molecule has 82 valence electrons. The van der Waals surface area contributed by atoms with Gasteiger partial charge in [-0.25, -0.2) is 9.59 Å². The van der Waals surface area contributed by atoms with E-state index in [1.807, 2.05) is 0 Å². The van der Waals surface area contributed by atoms with E-state index in [4.69, 9.17) is 15.7 Å². The SMILES string of the molecule is CC1(C(=O)O)CC(N=[N+]=[N-])CN1C(=O)O. The molecular weight excluding hydrogens is 204 g/mol. The Labute approximate surface area is 84.7 Å². The molecular formula is C7H10N4O4. The molecule has 8 nitrogen and oxygen atoms in total. The Morgan fingerprint density at radius 3 is 2.53 bits per heavy atom. The van der Waals surface area contributed by atoms with Crippen LogP contribution < -0.4 is 0 Å². The first-order valence-electron chi connectivity index (χ1n) is 4.20. The van der Waals surface area contributed by atoms with E-state index < -0.39 is 23.6 Å². The smallest absolute Gasteiger partial charge is 0.408 e. The lowest BCUT2D eigenvalue weighted by Gasteiger charge is -2.28. The van der Waals surface area contributed by atoms with Crippen molar-refractivity contribution < 1.29 is 19.8 Å². The number of hydrogen-bond donors (Lipinski definition) is 2. The highest BCUT2D eigenvalue weighted by atomic mass is 16.4. The van der Waals surface area contributed by atoms with Crippen LogP contribution in [0.4, 0.5) is 4.79 Å². The van der Waals surface area contributed by atoms with E-state index in [2.05, 4.69) is 10.0 Å². The largest absolute Gasteiger partial charge is 0.480 e. The molecule has 8 heteroatoms. The highest BCUT2D eigenvalue weighted by molar-refractivity contribution is 5.84. The highest BCUT2D eigenvalue weighted by Gasteiger charge is 2.50. The number of aliphatic carboxylic acids is 1. The topological polar surface area (TPSA) is 127 Å². The zero-order valence-corrected chi connectivity index (χ0v) is 7.99. The average molecular weight is 214 g/mol. The van der Waals surface area contributed by atoms with Gasteiger partial charge in [-0.05, 0) is 18.9 Å². The predicted octanol–water partition coefficient (Wildman–Crippen LogP) is 0.892. The van der Waals surface area contributed by atoms with Gasteiger partial charge in [0.25, 0.3) is 0 Å². The Morgan fingerprint density at radius 2 is 2.20 bits per heavy atom. The van der Waals surface area contributed by atoms with Crippen LogP contribution in [0.15, 0.2) is 5.11 Å². The van der Waals surface area contributed by atoms with Crippen LogP contribution in [0.1, 0.15) is 13.3 Å². The van der Waals surface area contributed by atoms with Crippen LogP contribution in [0, 0.1) is 0 Å². The standard InChI is InChI=1S/C7H10N4O4/c1-7(5(12)13)2-4(9-10-8)3-11(7)6(14)15/h4H,2-3H2,1H3,(H,12,13)(H,14,15). The van der Waals surface area contributed by atoms with E-state index in [-0.39, 0.29) is 13.0 Å². The van der Waals surface area contributed by atoms with Gasteiger partial charge in [-0.15, -0.1) is 0 Å². The van der Waals surface area contributed by atoms with Crippen LogP contribution in [-0.2, 0) is 4.79 Å². The van der Waals surface area contributed by atoms with E-state index in [9.17, 15) is 9.59 Å². The van der Waals surface area contributed by atoms with E-state index >= 15 is 0 Å². The van der Waals surface area contributed by atoms with Crippen molar-refractivity contribution in [2.75, 3.05) is 6.54 Å². The molecule has 0 aromatic heterocycles. The van der Waals surface area contributed by atoms with Gasteiger partial charge in [0.1, 0.15) is 5.54 Å². The maximum Gasteiger partial charge on any atom is 0.408 e. The normalized spacial score (nSPS) is 29.7. The monoisotopic (exact) mass is 214 g/mol. The van der Waals surface area contributed by atoms with Gasteiger partial charge in [-0.2, -0.15) is 0 Å². The third-order valence-electron chi connectivity index (χ3n) is 2.53. The molecule has 1 amide bonds. The summed E-state index contributed by atoms with van der Waals surface area (Å²) in [5, 5.41) is 21.1. The highest BCUT2D eigenvalue weighted by Crippen LogP contribution is 2.31. The molecule has 1 heterocycles. The van der Waals surface area contributed by atoms with Gasteiger partial charge < -0.3 is 10.2 Å². The zero-order chi connectivity index (χ0) is 11.6. The summed E-state index contributed by atoms with van der Waals surface area (Å²) in [5.74, 6) is -1.24. The average Bonchev–Trinajstić information content (AvgIpc) is 2.45. The first kappa shape index (κ1) is 11.1. The minimum Gasteiger partial charge on any atom is -0.480 e. The lowest BCUT2D eigenvalue weighted by molar-refractivity contribution is -0.147. The maximum atomic E-state index is 10.9. The van der Waals surface area contributed by atoms with Crippen molar-refractivity contribution in [3.05, 3.63) is 10.4 Å². The molecule has 1 aliphatic heterocycles. The summed E-state index contributed by atoms with van der Waals surface area (Å²) < 4.78 is 0. The summed E-state index contributed by atoms with van der Waals surface area (Å²) in [6, 6.07) is -0.618. The summed E-state index contributed by atoms with van der Waals surface area (Å²) in [5.41, 5.74) is 6.70. The van der Waals surface area contributed by atoms with E-state index in [1.165, 1.54) is 6.92 Å². The second kappa shape index (κ2) is 3.66. The summed E-state index contributed by atoms with van der Waals surface area (Å²) in [7, 11) is 0. The Kier molecular flexibility index (Phi) is 2.71. The lowest BCUT2D eigenvalue weighted by atomic mass is 9.98. The first-order valence-corrected chi connectivity index (χ1v) is 4.20. The van der Waals surface area contributed by atoms with Crippen molar-refractivity contribution in [1.29, 1.82) is 0 Å². The molecule has 2 N–H and O–H groups in total. The third-order valence-corrected chi connectivity index (χ3v) is 2.53. The van der Waals surface area contributed by atoms with Crippen LogP contribution in [-0.4, -0.2) is 45.3 Å². The van der Waals surface area contributed by atoms with Crippen molar-refractivity contribution in [3.63, 3.8) is 0 Å². The van der Waals surface area contributed by atoms with Crippen LogP contribution >= 0.6 is 0 Å². The Morgan fingerprint density at radius 1 is 1.60 bits per heavy atom. The quantitative estimate of drug-likeness (QED) is 0.402. The van der Waals surface area contributed by atoms with Crippen molar-refractivity contribution in [2.24, 2.45) is 5.11 Å². The van der Waals surface area contributed by atoms with E-state index in [0.717, 1.165) is 4.90 Å². The van der Waals surface area contributed by atoms with Crippen molar-refractivity contribution in [3.8, 4) is 0 Å². The van der Waals surface area contributed by atoms with E-state index in [0.29, 0.717) is 0 Å². The fraction of sp³-hybridized carbons (Fsp3) is 0.714. The maximum absolute atomic E-state index is 10.9.